The second-order valence-electron chi connectivity index (χ2n) is 6.54. The van der Waals surface area contributed by atoms with Crippen molar-refractivity contribution in [3.63, 3.8) is 0 Å². The van der Waals surface area contributed by atoms with Gasteiger partial charge in [-0.2, -0.15) is 0 Å². The molecule has 8 heteroatoms. The Bertz CT molecular complexity index is 1110. The molecule has 5 nitrogen and oxygen atoms in total. The number of carbonyl (C=O) groups excluding carboxylic acids is 1. The number of amides is 1. The number of hydrogen-bond acceptors (Lipinski definition) is 3. The molecule has 3 aromatic rings. The zero-order valence-electron chi connectivity index (χ0n) is 16.2. The van der Waals surface area contributed by atoms with Gasteiger partial charge in [0.15, 0.2) is 0 Å². The van der Waals surface area contributed by atoms with E-state index in [2.05, 4.69) is 5.32 Å². The Kier molecular flexibility index (Phi) is 6.47. The first-order valence-electron chi connectivity index (χ1n) is 9.22. The molecule has 156 valence electrons. The van der Waals surface area contributed by atoms with E-state index >= 15 is 0 Å². The fraction of sp³-hybridized carbons (Fsp3) is 0.136. The summed E-state index contributed by atoms with van der Waals surface area (Å²) in [5.74, 6) is -1.71. The lowest BCUT2D eigenvalue weighted by molar-refractivity contribution is -0.114. The van der Waals surface area contributed by atoms with Crippen molar-refractivity contribution in [1.82, 2.24) is 0 Å². The van der Waals surface area contributed by atoms with Crippen LogP contribution in [0.3, 0.4) is 0 Å². The van der Waals surface area contributed by atoms with Crippen molar-refractivity contribution in [1.29, 1.82) is 0 Å². The van der Waals surface area contributed by atoms with Crippen LogP contribution in [0.4, 0.5) is 20.2 Å². The average Bonchev–Trinajstić information content (AvgIpc) is 2.73. The predicted octanol–water partition coefficient (Wildman–Crippen LogP) is 4.36. The monoisotopic (exact) mass is 430 g/mol. The molecule has 30 heavy (non-hydrogen) atoms. The van der Waals surface area contributed by atoms with Crippen LogP contribution in [0.5, 0.6) is 0 Å². The number of halogens is 2. The summed E-state index contributed by atoms with van der Waals surface area (Å²) in [5, 5.41) is 2.66. The van der Waals surface area contributed by atoms with Gasteiger partial charge in [0.2, 0.25) is 5.91 Å². The van der Waals surface area contributed by atoms with Crippen LogP contribution in [0, 0.1) is 11.6 Å². The zero-order chi connectivity index (χ0) is 21.7. The molecule has 0 aliphatic heterocycles. The van der Waals surface area contributed by atoms with Crippen LogP contribution < -0.4 is 9.62 Å². The zero-order valence-corrected chi connectivity index (χ0v) is 17.0. The van der Waals surface area contributed by atoms with Crippen LogP contribution in [0.15, 0.2) is 77.7 Å². The molecule has 0 aromatic heterocycles. The third-order valence-electron chi connectivity index (χ3n) is 4.45. The highest BCUT2D eigenvalue weighted by atomic mass is 32.2. The summed E-state index contributed by atoms with van der Waals surface area (Å²) in [6.07, 6.45) is 0.850. The van der Waals surface area contributed by atoms with Crippen molar-refractivity contribution < 1.29 is 22.0 Å². The Balaban J connectivity index is 1.90. The van der Waals surface area contributed by atoms with Crippen molar-refractivity contribution in [3.8, 4) is 0 Å². The smallest absolute Gasteiger partial charge is 0.264 e. The Labute approximate surface area is 174 Å². The average molecular weight is 430 g/mol. The van der Waals surface area contributed by atoms with E-state index in [4.69, 9.17) is 0 Å². The number of hydrogen-bond donors (Lipinski definition) is 1. The quantitative estimate of drug-likeness (QED) is 0.606. The summed E-state index contributed by atoms with van der Waals surface area (Å²) in [6.45, 7) is 1.47. The number of carbonyl (C=O) groups is 1. The van der Waals surface area contributed by atoms with Crippen LogP contribution in [0.25, 0.3) is 0 Å². The maximum absolute atomic E-state index is 13.3. The maximum Gasteiger partial charge on any atom is 0.264 e. The number of benzene rings is 3. The first kappa shape index (κ1) is 21.4. The Morgan fingerprint density at radius 3 is 1.93 bits per heavy atom. The molecule has 0 radical (unpaired) electrons. The lowest BCUT2D eigenvalue weighted by atomic mass is 10.1. The second kappa shape index (κ2) is 9.04. The second-order valence-corrected chi connectivity index (χ2v) is 8.40. The predicted molar refractivity (Wildman–Crippen MR) is 112 cm³/mol. The molecule has 0 bridgehead atoms. The maximum atomic E-state index is 13.3. The minimum atomic E-state index is -4.20. The minimum absolute atomic E-state index is 0.109. The topological polar surface area (TPSA) is 66.5 Å². The third-order valence-corrected chi connectivity index (χ3v) is 6.24. The number of aryl methyl sites for hydroxylation is 1. The number of anilines is 2. The van der Waals surface area contributed by atoms with E-state index in [0.29, 0.717) is 5.69 Å². The largest absolute Gasteiger partial charge is 0.325 e. The van der Waals surface area contributed by atoms with Gasteiger partial charge in [0.25, 0.3) is 10.0 Å². The molecule has 0 spiro atoms. The molecule has 0 fully saturated rings. The van der Waals surface area contributed by atoms with Crippen LogP contribution in [0.1, 0.15) is 12.5 Å². The molecular weight excluding hydrogens is 410 g/mol. The van der Waals surface area contributed by atoms with E-state index in [-0.39, 0.29) is 10.6 Å². The van der Waals surface area contributed by atoms with Gasteiger partial charge in [-0.3, -0.25) is 9.10 Å². The molecule has 0 unspecified atom stereocenters. The van der Waals surface area contributed by atoms with Crippen LogP contribution in [-0.4, -0.2) is 20.9 Å². The number of rotatable bonds is 7. The van der Waals surface area contributed by atoms with E-state index in [0.717, 1.165) is 52.7 Å². The first-order chi connectivity index (χ1) is 14.3. The molecule has 3 rings (SSSR count). The van der Waals surface area contributed by atoms with E-state index in [1.807, 2.05) is 19.1 Å². The van der Waals surface area contributed by atoms with E-state index in [1.165, 1.54) is 12.1 Å². The van der Waals surface area contributed by atoms with E-state index in [1.54, 1.807) is 12.1 Å². The highest BCUT2D eigenvalue weighted by molar-refractivity contribution is 7.92. The normalized spacial score (nSPS) is 11.2. The van der Waals surface area contributed by atoms with Crippen molar-refractivity contribution in [2.45, 2.75) is 18.2 Å². The van der Waals surface area contributed by atoms with Gasteiger partial charge in [-0.15, -0.1) is 0 Å². The van der Waals surface area contributed by atoms with Gasteiger partial charge in [-0.25, -0.2) is 17.2 Å². The van der Waals surface area contributed by atoms with Crippen LogP contribution in [0.2, 0.25) is 0 Å². The SMILES string of the molecule is CCc1ccc(NC(=O)CN(c2ccc(F)cc2)S(=O)(=O)c2ccc(F)cc2)cc1. The van der Waals surface area contributed by atoms with Crippen molar-refractivity contribution in [2.24, 2.45) is 0 Å². The van der Waals surface area contributed by atoms with Crippen molar-refractivity contribution in [2.75, 3.05) is 16.2 Å². The van der Waals surface area contributed by atoms with E-state index in [9.17, 15) is 22.0 Å². The molecule has 0 heterocycles. The molecule has 0 saturated carbocycles. The number of sulfonamides is 1. The van der Waals surface area contributed by atoms with Crippen molar-refractivity contribution in [3.05, 3.63) is 90.0 Å². The number of nitrogens with one attached hydrogen (secondary N) is 1. The van der Waals surface area contributed by atoms with Gasteiger partial charge >= 0.3 is 0 Å². The fourth-order valence-electron chi connectivity index (χ4n) is 2.81. The lowest BCUT2D eigenvalue weighted by Gasteiger charge is -2.24. The highest BCUT2D eigenvalue weighted by Crippen LogP contribution is 2.24. The third kappa shape index (κ3) is 5.01. The van der Waals surface area contributed by atoms with Crippen LogP contribution >= 0.6 is 0 Å². The molecule has 1 amide bonds. The molecule has 3 aromatic carbocycles. The lowest BCUT2D eigenvalue weighted by Crippen LogP contribution is -2.38. The Morgan fingerprint density at radius 1 is 0.867 bits per heavy atom. The highest BCUT2D eigenvalue weighted by Gasteiger charge is 2.27. The Hall–Kier alpha value is -3.26. The van der Waals surface area contributed by atoms with Crippen molar-refractivity contribution >= 4 is 27.3 Å². The van der Waals surface area contributed by atoms with Gasteiger partial charge < -0.3 is 5.32 Å². The molecule has 0 atom stereocenters. The molecule has 1 N–H and O–H groups in total. The molecule has 0 saturated heterocycles. The number of nitrogens with zero attached hydrogens (tertiary/aromatic N) is 1. The standard InChI is InChI=1S/C22H20F2N2O3S/c1-2-16-3-9-19(10-4-16)25-22(27)15-26(20-11-5-17(23)6-12-20)30(28,29)21-13-7-18(24)8-14-21/h3-14H,2,15H2,1H3,(H,25,27). The fourth-order valence-corrected chi connectivity index (χ4v) is 4.23. The van der Waals surface area contributed by atoms with E-state index < -0.39 is 34.1 Å². The summed E-state index contributed by atoms with van der Waals surface area (Å²) < 4.78 is 53.7. The van der Waals surface area contributed by atoms with Gasteiger partial charge in [-0.05, 0) is 72.6 Å². The van der Waals surface area contributed by atoms with Gasteiger partial charge in [0.05, 0.1) is 10.6 Å². The summed E-state index contributed by atoms with van der Waals surface area (Å²) >= 11 is 0. The summed E-state index contributed by atoms with van der Waals surface area (Å²) in [6, 6.07) is 16.2. The molecule has 0 aliphatic rings. The summed E-state index contributed by atoms with van der Waals surface area (Å²) in [4.78, 5) is 12.4. The first-order valence-corrected chi connectivity index (χ1v) is 10.7. The summed E-state index contributed by atoms with van der Waals surface area (Å²) in [7, 11) is -4.20. The van der Waals surface area contributed by atoms with Crippen LogP contribution in [-0.2, 0) is 21.2 Å². The summed E-state index contributed by atoms with van der Waals surface area (Å²) in [5.41, 5.74) is 1.73. The van der Waals surface area contributed by atoms with Gasteiger partial charge in [0.1, 0.15) is 18.2 Å². The Morgan fingerprint density at radius 2 is 1.40 bits per heavy atom. The molecule has 0 aliphatic carbocycles. The van der Waals surface area contributed by atoms with Gasteiger partial charge in [0, 0.05) is 5.69 Å². The van der Waals surface area contributed by atoms with Gasteiger partial charge in [-0.1, -0.05) is 19.1 Å². The minimum Gasteiger partial charge on any atom is -0.325 e. The molecular formula is C22H20F2N2O3S.